The number of fused-ring (bicyclic) bond motifs is 4. The lowest BCUT2D eigenvalue weighted by Crippen LogP contribution is -1.99. The number of phosphoric acid groups is 1. The first-order valence-electron chi connectivity index (χ1n) is 13.5. The molecule has 2 aliphatic heterocycles. The van der Waals surface area contributed by atoms with Crippen LogP contribution >= 0.6 is 31.3 Å². The van der Waals surface area contributed by atoms with Gasteiger partial charge in [0, 0.05) is 16.0 Å². The SMILES string of the molecule is CCc1cccc2c1Sc1c(cccc1OC)C=C2OP(=O)(O)OC1=Cc2cccc(OC)c2Sc2c(OC)cccc21. The number of methoxy groups -OCH3 is 3. The average Bonchev–Trinajstić information content (AvgIpc) is 3.27. The van der Waals surface area contributed by atoms with Gasteiger partial charge < -0.3 is 23.3 Å². The van der Waals surface area contributed by atoms with Gasteiger partial charge in [0.15, 0.2) is 0 Å². The van der Waals surface area contributed by atoms with Crippen molar-refractivity contribution in [2.24, 2.45) is 0 Å². The Hall–Kier alpha value is -3.75. The zero-order chi connectivity index (χ0) is 30.1. The molecule has 0 saturated heterocycles. The first-order valence-corrected chi connectivity index (χ1v) is 16.6. The van der Waals surface area contributed by atoms with E-state index >= 15 is 0 Å². The summed E-state index contributed by atoms with van der Waals surface area (Å²) in [5.74, 6) is 2.37. The molecule has 0 aliphatic carbocycles. The highest BCUT2D eigenvalue weighted by atomic mass is 32.2. The molecule has 7 nitrogen and oxygen atoms in total. The van der Waals surface area contributed by atoms with E-state index in [-0.39, 0.29) is 11.5 Å². The van der Waals surface area contributed by atoms with Gasteiger partial charge in [0.2, 0.25) is 0 Å². The van der Waals surface area contributed by atoms with Gasteiger partial charge in [-0.15, -0.1) is 0 Å². The van der Waals surface area contributed by atoms with Crippen LogP contribution in [-0.4, -0.2) is 26.2 Å². The number of rotatable bonds is 8. The summed E-state index contributed by atoms with van der Waals surface area (Å²) in [7, 11) is 0.0724. The Morgan fingerprint density at radius 3 is 1.58 bits per heavy atom. The van der Waals surface area contributed by atoms with Crippen LogP contribution in [0.2, 0.25) is 0 Å². The van der Waals surface area contributed by atoms with Gasteiger partial charge >= 0.3 is 7.82 Å². The van der Waals surface area contributed by atoms with E-state index < -0.39 is 7.82 Å². The van der Waals surface area contributed by atoms with E-state index in [1.807, 2.05) is 72.8 Å². The summed E-state index contributed by atoms with van der Waals surface area (Å²) in [4.78, 5) is 14.7. The summed E-state index contributed by atoms with van der Waals surface area (Å²) < 4.78 is 42.7. The molecule has 43 heavy (non-hydrogen) atoms. The van der Waals surface area contributed by atoms with Gasteiger partial charge in [-0.2, -0.15) is 0 Å². The summed E-state index contributed by atoms with van der Waals surface area (Å²) >= 11 is 3.00. The van der Waals surface area contributed by atoms with E-state index in [1.54, 1.807) is 45.2 Å². The zero-order valence-corrected chi connectivity index (χ0v) is 26.5. The third-order valence-electron chi connectivity index (χ3n) is 7.07. The number of ether oxygens (including phenoxy) is 3. The molecule has 2 heterocycles. The Labute approximate surface area is 259 Å². The number of aryl methyl sites for hydroxylation is 1. The molecule has 1 atom stereocenters. The van der Waals surface area contributed by atoms with Crippen LogP contribution in [-0.2, 0) is 20.0 Å². The summed E-state index contributed by atoms with van der Waals surface area (Å²) in [6, 6.07) is 22.6. The molecule has 220 valence electrons. The van der Waals surface area contributed by atoms with Crippen LogP contribution in [0.3, 0.4) is 0 Å². The van der Waals surface area contributed by atoms with Crippen molar-refractivity contribution in [3.8, 4) is 17.2 Å². The van der Waals surface area contributed by atoms with Crippen molar-refractivity contribution < 1.29 is 32.7 Å². The Kier molecular flexibility index (Phi) is 8.25. The molecule has 0 saturated carbocycles. The van der Waals surface area contributed by atoms with Crippen molar-refractivity contribution in [2.45, 2.75) is 32.9 Å². The van der Waals surface area contributed by atoms with Crippen LogP contribution < -0.4 is 14.2 Å². The molecule has 0 amide bonds. The van der Waals surface area contributed by atoms with Gasteiger partial charge in [0.25, 0.3) is 0 Å². The number of hydrogen-bond donors (Lipinski definition) is 1. The molecule has 0 aromatic heterocycles. The molecule has 4 aromatic carbocycles. The lowest BCUT2D eigenvalue weighted by atomic mass is 10.1. The molecule has 0 fully saturated rings. The van der Waals surface area contributed by atoms with E-state index in [1.165, 1.54) is 11.8 Å². The Morgan fingerprint density at radius 2 is 1.07 bits per heavy atom. The number of phosphoric ester groups is 1. The minimum absolute atomic E-state index is 0.174. The molecule has 0 radical (unpaired) electrons. The van der Waals surface area contributed by atoms with Crippen molar-refractivity contribution >= 4 is 55.0 Å². The van der Waals surface area contributed by atoms with Crippen molar-refractivity contribution in [3.63, 3.8) is 0 Å². The van der Waals surface area contributed by atoms with Gasteiger partial charge in [0.05, 0.1) is 36.0 Å². The van der Waals surface area contributed by atoms with Crippen molar-refractivity contribution in [1.29, 1.82) is 0 Å². The molecule has 0 bridgehead atoms. The van der Waals surface area contributed by atoms with Gasteiger partial charge in [-0.25, -0.2) is 4.57 Å². The van der Waals surface area contributed by atoms with Gasteiger partial charge in [-0.3, -0.25) is 4.89 Å². The quantitative estimate of drug-likeness (QED) is 0.191. The second-order valence-electron chi connectivity index (χ2n) is 9.61. The molecule has 1 unspecified atom stereocenters. The van der Waals surface area contributed by atoms with Gasteiger partial charge in [-0.1, -0.05) is 79.0 Å². The third kappa shape index (κ3) is 5.66. The van der Waals surface area contributed by atoms with Crippen LogP contribution in [0, 0.1) is 0 Å². The van der Waals surface area contributed by atoms with E-state index in [9.17, 15) is 9.46 Å². The van der Waals surface area contributed by atoms with Gasteiger partial charge in [0.1, 0.15) is 28.8 Å². The summed E-state index contributed by atoms with van der Waals surface area (Å²) in [6.45, 7) is 2.07. The second-order valence-corrected chi connectivity index (χ2v) is 13.0. The largest absolute Gasteiger partial charge is 0.584 e. The van der Waals surface area contributed by atoms with Crippen molar-refractivity contribution in [1.82, 2.24) is 0 Å². The number of hydrogen-bond acceptors (Lipinski definition) is 8. The maximum absolute atomic E-state index is 13.9. The molecule has 6 rings (SSSR count). The predicted octanol–water partition coefficient (Wildman–Crippen LogP) is 9.03. The predicted molar refractivity (Wildman–Crippen MR) is 171 cm³/mol. The summed E-state index contributed by atoms with van der Waals surface area (Å²) in [5, 5.41) is 0. The fourth-order valence-electron chi connectivity index (χ4n) is 5.05. The standard InChI is InChI=1S/C33H29O7PS2/c1-5-20-10-6-13-23-28(18-21-11-7-15-25(36-2)31(21)42-30(20)23)39-41(34,35)40-29-19-22-12-8-16-26(37-3)32(22)43-33-24(29)14-9-17-27(33)38-4/h6-19H,5H2,1-4H3,(H,34,35). The van der Waals surface area contributed by atoms with E-state index in [2.05, 4.69) is 6.92 Å². The Morgan fingerprint density at radius 1 is 0.628 bits per heavy atom. The Balaban J connectivity index is 1.45. The first-order chi connectivity index (χ1) is 20.9. The smallest absolute Gasteiger partial charge is 0.496 e. The normalized spacial score (nSPS) is 14.6. The highest BCUT2D eigenvalue weighted by Crippen LogP contribution is 2.57. The van der Waals surface area contributed by atoms with Crippen LogP contribution in [0.5, 0.6) is 17.2 Å². The minimum Gasteiger partial charge on any atom is -0.496 e. The molecule has 0 spiro atoms. The average molecular weight is 633 g/mol. The lowest BCUT2D eigenvalue weighted by Gasteiger charge is -2.20. The highest BCUT2D eigenvalue weighted by molar-refractivity contribution is 8.00. The molecule has 4 aromatic rings. The molecule has 2 aliphatic rings. The zero-order valence-electron chi connectivity index (χ0n) is 24.0. The fourth-order valence-corrected chi connectivity index (χ4v) is 8.44. The molecular formula is C33H29O7PS2. The highest BCUT2D eigenvalue weighted by Gasteiger charge is 2.33. The summed E-state index contributed by atoms with van der Waals surface area (Å²) in [5.41, 5.74) is 3.94. The van der Waals surface area contributed by atoms with Crippen LogP contribution in [0.1, 0.15) is 34.7 Å². The first kappa shape index (κ1) is 29.3. The molecular weight excluding hydrogens is 603 g/mol. The van der Waals surface area contributed by atoms with Crippen molar-refractivity contribution in [3.05, 3.63) is 101 Å². The maximum atomic E-state index is 13.9. The van der Waals surface area contributed by atoms with Crippen LogP contribution in [0.4, 0.5) is 0 Å². The molecule has 1 N–H and O–H groups in total. The topological polar surface area (TPSA) is 83.5 Å². The van der Waals surface area contributed by atoms with E-state index in [4.69, 9.17) is 23.3 Å². The summed E-state index contributed by atoms with van der Waals surface area (Å²) in [6.07, 6.45) is 4.26. The maximum Gasteiger partial charge on any atom is 0.584 e. The monoisotopic (exact) mass is 632 g/mol. The van der Waals surface area contributed by atoms with Crippen LogP contribution in [0.25, 0.3) is 23.7 Å². The molecule has 10 heteroatoms. The van der Waals surface area contributed by atoms with Crippen molar-refractivity contribution in [2.75, 3.05) is 21.3 Å². The Bertz CT molecular complexity index is 1700. The lowest BCUT2D eigenvalue weighted by molar-refractivity contribution is 0.264. The van der Waals surface area contributed by atoms with Gasteiger partial charge in [-0.05, 0) is 59.5 Å². The number of benzene rings is 4. The van der Waals surface area contributed by atoms with Crippen LogP contribution in [0.15, 0.2) is 92.4 Å². The second kappa shape index (κ2) is 12.1. The fraction of sp³-hybridized carbons (Fsp3) is 0.152. The third-order valence-corrected chi connectivity index (χ3v) is 10.5. The van der Waals surface area contributed by atoms with E-state index in [0.29, 0.717) is 28.4 Å². The van der Waals surface area contributed by atoms with E-state index in [0.717, 1.165) is 42.7 Å². The minimum atomic E-state index is -4.75.